The molecule has 1 aliphatic heterocycles. The van der Waals surface area contributed by atoms with Gasteiger partial charge in [-0.3, -0.25) is 5.10 Å². The van der Waals surface area contributed by atoms with Gasteiger partial charge in [0.25, 0.3) is 0 Å². The lowest BCUT2D eigenvalue weighted by Crippen LogP contribution is -2.21. The maximum absolute atomic E-state index is 11.7. The fourth-order valence-corrected chi connectivity index (χ4v) is 3.85. The maximum Gasteiger partial charge on any atom is 0.337 e. The number of esters is 1. The molecule has 7 nitrogen and oxygen atoms in total. The summed E-state index contributed by atoms with van der Waals surface area (Å²) in [6, 6.07) is 12.9. The number of hydrogen-bond donors (Lipinski definition) is 2. The number of H-pyrrole nitrogens is 1. The second-order valence-corrected chi connectivity index (χ2v) is 6.78. The molecule has 1 aliphatic rings. The smallest absolute Gasteiger partial charge is 0.337 e. The predicted molar refractivity (Wildman–Crippen MR) is 99.0 cm³/mol. The van der Waals surface area contributed by atoms with Crippen LogP contribution < -0.4 is 10.5 Å². The van der Waals surface area contributed by atoms with E-state index in [1.807, 2.05) is 17.5 Å². The van der Waals surface area contributed by atoms with Crippen molar-refractivity contribution in [3.8, 4) is 22.5 Å². The second kappa shape index (κ2) is 6.63. The lowest BCUT2D eigenvalue weighted by molar-refractivity contribution is 0.0600. The summed E-state index contributed by atoms with van der Waals surface area (Å²) in [6.45, 7) is 0. The number of aromatic nitrogens is 2. The van der Waals surface area contributed by atoms with Crippen molar-refractivity contribution < 1.29 is 14.3 Å². The number of nitrogens with one attached hydrogen (secondary N) is 1. The predicted octanol–water partition coefficient (Wildman–Crippen LogP) is 3.14. The zero-order valence-corrected chi connectivity index (χ0v) is 15.0. The van der Waals surface area contributed by atoms with E-state index in [2.05, 4.69) is 16.3 Å². The summed E-state index contributed by atoms with van der Waals surface area (Å²) in [5.41, 5.74) is 9.01. The average molecular weight is 378 g/mol. The van der Waals surface area contributed by atoms with E-state index in [1.54, 1.807) is 35.6 Å². The van der Waals surface area contributed by atoms with E-state index >= 15 is 0 Å². The van der Waals surface area contributed by atoms with Gasteiger partial charge in [0.15, 0.2) is 0 Å². The topological polar surface area (TPSA) is 114 Å². The third-order valence-corrected chi connectivity index (χ3v) is 5.26. The molecule has 0 amide bonds. The van der Waals surface area contributed by atoms with Crippen molar-refractivity contribution in [2.45, 2.75) is 5.92 Å². The molecule has 0 saturated heterocycles. The minimum absolute atomic E-state index is 0.0243. The van der Waals surface area contributed by atoms with Gasteiger partial charge in [-0.15, -0.1) is 16.4 Å². The highest BCUT2D eigenvalue weighted by Gasteiger charge is 2.35. The van der Waals surface area contributed by atoms with Crippen LogP contribution in [0.3, 0.4) is 0 Å². The van der Waals surface area contributed by atoms with E-state index in [0.717, 1.165) is 21.7 Å². The first-order valence-electron chi connectivity index (χ1n) is 8.02. The third kappa shape index (κ3) is 2.74. The summed E-state index contributed by atoms with van der Waals surface area (Å²) in [5, 5.41) is 18.9. The first kappa shape index (κ1) is 16.9. The number of benzene rings is 1. The van der Waals surface area contributed by atoms with Gasteiger partial charge in [-0.2, -0.15) is 5.26 Å². The summed E-state index contributed by atoms with van der Waals surface area (Å²) < 4.78 is 10.3. The number of allylic oxidation sites excluding steroid dienone is 1. The van der Waals surface area contributed by atoms with Crippen LogP contribution in [-0.4, -0.2) is 23.3 Å². The van der Waals surface area contributed by atoms with Gasteiger partial charge in [-0.05, 0) is 29.1 Å². The molecular weight excluding hydrogens is 364 g/mol. The zero-order valence-electron chi connectivity index (χ0n) is 14.2. The van der Waals surface area contributed by atoms with E-state index in [1.165, 1.54) is 7.11 Å². The number of hydrogen-bond acceptors (Lipinski definition) is 7. The van der Waals surface area contributed by atoms with Gasteiger partial charge in [0.05, 0.1) is 34.7 Å². The first-order chi connectivity index (χ1) is 13.1. The molecular formula is C19H14N4O3S. The fourth-order valence-electron chi connectivity index (χ4n) is 3.12. The van der Waals surface area contributed by atoms with E-state index in [4.69, 9.17) is 15.2 Å². The maximum atomic E-state index is 11.7. The molecule has 0 radical (unpaired) electrons. The Balaban J connectivity index is 1.87. The number of rotatable bonds is 3. The summed E-state index contributed by atoms with van der Waals surface area (Å²) in [6.07, 6.45) is 0. The Hall–Kier alpha value is -3.57. The highest BCUT2D eigenvalue weighted by Crippen LogP contribution is 2.46. The van der Waals surface area contributed by atoms with Crippen molar-refractivity contribution in [2.24, 2.45) is 5.73 Å². The number of nitrogens with two attached hydrogens (primary N) is 1. The standard InChI is InChI=1S/C19H14N4O3S/c1-25-19(24)11-6-4-10(5-7-11)14-12(9-20)17(21)26-18-15(14)16(22-23-18)13-3-2-8-27-13/h2-8,14H,21H2,1H3,(H,22,23)/t14-/m1/s1. The minimum Gasteiger partial charge on any atom is -0.465 e. The summed E-state index contributed by atoms with van der Waals surface area (Å²) in [4.78, 5) is 12.7. The molecule has 1 atom stereocenters. The van der Waals surface area contributed by atoms with Crippen LogP contribution in [0.5, 0.6) is 5.88 Å². The SMILES string of the molecule is COC(=O)c1ccc([C@@H]2C(C#N)=C(N)Oc3n[nH]c(-c4cccs4)c32)cc1. The van der Waals surface area contributed by atoms with Crippen molar-refractivity contribution >= 4 is 17.3 Å². The molecule has 0 bridgehead atoms. The number of thiophene rings is 1. The molecule has 0 spiro atoms. The van der Waals surface area contributed by atoms with Gasteiger partial charge >= 0.3 is 5.97 Å². The number of ether oxygens (including phenoxy) is 2. The molecule has 1 aromatic carbocycles. The normalized spacial score (nSPS) is 15.6. The molecule has 3 N–H and O–H groups in total. The highest BCUT2D eigenvalue weighted by molar-refractivity contribution is 7.13. The average Bonchev–Trinajstić information content (AvgIpc) is 3.35. The Kier molecular flexibility index (Phi) is 4.14. The van der Waals surface area contributed by atoms with Crippen LogP contribution in [0.2, 0.25) is 0 Å². The van der Waals surface area contributed by atoms with Crippen LogP contribution in [0.1, 0.15) is 27.4 Å². The summed E-state index contributed by atoms with van der Waals surface area (Å²) in [5.74, 6) is -0.512. The lowest BCUT2D eigenvalue weighted by Gasteiger charge is -2.24. The Morgan fingerprint density at radius 3 is 2.78 bits per heavy atom. The van der Waals surface area contributed by atoms with Crippen LogP contribution in [0.15, 0.2) is 53.2 Å². The largest absolute Gasteiger partial charge is 0.465 e. The van der Waals surface area contributed by atoms with Crippen LogP contribution >= 0.6 is 11.3 Å². The molecule has 0 unspecified atom stereocenters. The second-order valence-electron chi connectivity index (χ2n) is 5.83. The summed E-state index contributed by atoms with van der Waals surface area (Å²) in [7, 11) is 1.33. The monoisotopic (exact) mass is 378 g/mol. The molecule has 8 heteroatoms. The van der Waals surface area contributed by atoms with Gasteiger partial charge in [-0.25, -0.2) is 4.79 Å². The highest BCUT2D eigenvalue weighted by atomic mass is 32.1. The van der Waals surface area contributed by atoms with Gasteiger partial charge in [0, 0.05) is 0 Å². The van der Waals surface area contributed by atoms with Crippen LogP contribution in [0.25, 0.3) is 10.6 Å². The molecule has 0 saturated carbocycles. The van der Waals surface area contributed by atoms with Crippen LogP contribution in [0, 0.1) is 11.3 Å². The number of carbonyl (C=O) groups excluding carboxylic acids is 1. The van der Waals surface area contributed by atoms with Crippen LogP contribution in [0.4, 0.5) is 0 Å². The molecule has 3 aromatic rings. The number of nitriles is 1. The molecule has 27 heavy (non-hydrogen) atoms. The molecule has 0 fully saturated rings. The van der Waals surface area contributed by atoms with Gasteiger partial charge in [0.2, 0.25) is 11.8 Å². The minimum atomic E-state index is -0.457. The van der Waals surface area contributed by atoms with Gasteiger partial charge in [0.1, 0.15) is 11.6 Å². The van der Waals surface area contributed by atoms with Crippen molar-refractivity contribution in [2.75, 3.05) is 7.11 Å². The van der Waals surface area contributed by atoms with E-state index in [9.17, 15) is 10.1 Å². The van der Waals surface area contributed by atoms with E-state index in [-0.39, 0.29) is 5.88 Å². The molecule has 2 aromatic heterocycles. The zero-order chi connectivity index (χ0) is 19.0. The van der Waals surface area contributed by atoms with Crippen molar-refractivity contribution in [3.63, 3.8) is 0 Å². The number of aromatic amines is 1. The fraction of sp³-hybridized carbons (Fsp3) is 0.105. The number of nitrogens with zero attached hydrogens (tertiary/aromatic N) is 2. The Morgan fingerprint density at radius 1 is 1.37 bits per heavy atom. The first-order valence-corrected chi connectivity index (χ1v) is 8.90. The molecule has 3 heterocycles. The van der Waals surface area contributed by atoms with Crippen LogP contribution in [-0.2, 0) is 4.74 Å². The van der Waals surface area contributed by atoms with Crippen molar-refractivity contribution in [3.05, 3.63) is 69.9 Å². The van der Waals surface area contributed by atoms with Gasteiger partial charge < -0.3 is 15.2 Å². The Bertz CT molecular complexity index is 1080. The van der Waals surface area contributed by atoms with Crippen molar-refractivity contribution in [1.29, 1.82) is 5.26 Å². The van der Waals surface area contributed by atoms with E-state index in [0.29, 0.717) is 17.0 Å². The number of methoxy groups -OCH3 is 1. The quantitative estimate of drug-likeness (QED) is 0.677. The Labute approximate surface area is 158 Å². The molecule has 0 aliphatic carbocycles. The molecule has 4 rings (SSSR count). The summed E-state index contributed by atoms with van der Waals surface area (Å²) >= 11 is 1.55. The third-order valence-electron chi connectivity index (χ3n) is 4.37. The van der Waals surface area contributed by atoms with Gasteiger partial charge in [-0.1, -0.05) is 18.2 Å². The Morgan fingerprint density at radius 2 is 2.15 bits per heavy atom. The number of carbonyl (C=O) groups is 1. The van der Waals surface area contributed by atoms with E-state index < -0.39 is 11.9 Å². The molecule has 134 valence electrons. The number of fused-ring (bicyclic) bond motifs is 1. The lowest BCUT2D eigenvalue weighted by atomic mass is 9.83. The van der Waals surface area contributed by atoms with Crippen molar-refractivity contribution in [1.82, 2.24) is 10.2 Å².